The quantitative estimate of drug-likeness (QED) is 0.0641. The van der Waals surface area contributed by atoms with Gasteiger partial charge in [-0.3, -0.25) is 20.7 Å². The molecular formula is C22H47IN3O2+. The minimum Gasteiger partial charge on any atom is -0.465 e. The number of quaternary nitrogens is 1. The van der Waals surface area contributed by atoms with Gasteiger partial charge in [-0.2, -0.15) is 0 Å². The Morgan fingerprint density at radius 2 is 1.61 bits per heavy atom. The normalized spacial score (nSPS) is 13.1. The lowest BCUT2D eigenvalue weighted by Crippen LogP contribution is -2.59. The number of carbonyl (C=O) groups excluding carboxylic acids is 1. The predicted molar refractivity (Wildman–Crippen MR) is 128 cm³/mol. The van der Waals surface area contributed by atoms with Crippen LogP contribution >= 0.6 is 22.6 Å². The number of esters is 1. The van der Waals surface area contributed by atoms with Crippen molar-refractivity contribution in [1.29, 1.82) is 0 Å². The molecular weight excluding hydrogens is 465 g/mol. The van der Waals surface area contributed by atoms with Crippen molar-refractivity contribution in [3.8, 4) is 0 Å². The van der Waals surface area contributed by atoms with Crippen LogP contribution in [0.4, 0.5) is 0 Å². The molecule has 0 saturated carbocycles. The fourth-order valence-corrected chi connectivity index (χ4v) is 4.14. The van der Waals surface area contributed by atoms with Crippen LogP contribution in [0.1, 0.15) is 91.4 Å². The Balaban J connectivity index is 4.04. The molecule has 0 rings (SSSR count). The average molecular weight is 513 g/mol. The molecule has 1 unspecified atom stereocenters. The van der Waals surface area contributed by atoms with Gasteiger partial charge in [0.15, 0.2) is 0 Å². The van der Waals surface area contributed by atoms with Gasteiger partial charge in [-0.1, -0.05) is 55.2 Å². The third-order valence-electron chi connectivity index (χ3n) is 6.00. The summed E-state index contributed by atoms with van der Waals surface area (Å²) in [4.78, 5) is 12.1. The summed E-state index contributed by atoms with van der Waals surface area (Å²) in [6.45, 7) is 9.32. The van der Waals surface area contributed by atoms with Crippen molar-refractivity contribution >= 4 is 28.6 Å². The fourth-order valence-electron chi connectivity index (χ4n) is 3.60. The summed E-state index contributed by atoms with van der Waals surface area (Å²) < 4.78 is 7.59. The summed E-state index contributed by atoms with van der Waals surface area (Å²) in [5, 5.41) is 0. The minimum atomic E-state index is -0.0315. The Hall–Kier alpha value is 0.0800. The van der Waals surface area contributed by atoms with Crippen LogP contribution in [0.2, 0.25) is 0 Å². The van der Waals surface area contributed by atoms with Crippen LogP contribution < -0.4 is 11.5 Å². The summed E-state index contributed by atoms with van der Waals surface area (Å²) in [5.74, 6) is 0.507. The molecule has 0 aliphatic carbocycles. The lowest BCUT2D eigenvalue weighted by atomic mass is 9.96. The molecule has 5 nitrogen and oxygen atoms in total. The SMILES string of the molecule is CCCCC(CCCCCI)COC(=O)CCCCC[N+](CN)(CN)C(C)C. The Labute approximate surface area is 188 Å². The number of rotatable bonds is 19. The summed E-state index contributed by atoms with van der Waals surface area (Å²) in [6.07, 6.45) is 12.2. The summed E-state index contributed by atoms with van der Waals surface area (Å²) in [7, 11) is 0. The highest BCUT2D eigenvalue weighted by molar-refractivity contribution is 14.1. The Morgan fingerprint density at radius 3 is 2.18 bits per heavy atom. The largest absolute Gasteiger partial charge is 0.465 e. The lowest BCUT2D eigenvalue weighted by Gasteiger charge is -2.40. The smallest absolute Gasteiger partial charge is 0.305 e. The molecule has 0 amide bonds. The van der Waals surface area contributed by atoms with Crippen molar-refractivity contribution in [2.75, 3.05) is 30.9 Å². The summed E-state index contributed by atoms with van der Waals surface area (Å²) in [6, 6.07) is 0.428. The van der Waals surface area contributed by atoms with E-state index < -0.39 is 0 Å². The van der Waals surface area contributed by atoms with Crippen molar-refractivity contribution < 1.29 is 14.0 Å². The van der Waals surface area contributed by atoms with Crippen molar-refractivity contribution in [2.45, 2.75) is 97.4 Å². The highest BCUT2D eigenvalue weighted by atomic mass is 127. The molecule has 0 saturated heterocycles. The van der Waals surface area contributed by atoms with E-state index >= 15 is 0 Å². The number of nitrogens with zero attached hydrogens (tertiary/aromatic N) is 1. The van der Waals surface area contributed by atoms with Gasteiger partial charge >= 0.3 is 5.97 Å². The third-order valence-corrected chi connectivity index (χ3v) is 6.76. The monoisotopic (exact) mass is 512 g/mol. The van der Waals surface area contributed by atoms with Crippen LogP contribution in [0.25, 0.3) is 0 Å². The van der Waals surface area contributed by atoms with E-state index in [0.717, 1.165) is 30.3 Å². The molecule has 4 N–H and O–H groups in total. The molecule has 0 aromatic carbocycles. The number of carbonyl (C=O) groups is 1. The van der Waals surface area contributed by atoms with Gasteiger partial charge in [0.25, 0.3) is 0 Å². The predicted octanol–water partition coefficient (Wildman–Crippen LogP) is 4.95. The number of hydrogen-bond donors (Lipinski definition) is 2. The van der Waals surface area contributed by atoms with Gasteiger partial charge in [0, 0.05) is 6.42 Å². The molecule has 1 atom stereocenters. The zero-order valence-electron chi connectivity index (χ0n) is 18.8. The molecule has 28 heavy (non-hydrogen) atoms. The van der Waals surface area contributed by atoms with Crippen LogP contribution in [-0.2, 0) is 9.53 Å². The van der Waals surface area contributed by atoms with Gasteiger partial charge in [0.05, 0.1) is 19.2 Å². The first-order valence-electron chi connectivity index (χ1n) is 11.4. The Morgan fingerprint density at radius 1 is 0.964 bits per heavy atom. The van der Waals surface area contributed by atoms with Gasteiger partial charge in [-0.05, 0) is 62.7 Å². The van der Waals surface area contributed by atoms with E-state index in [1.54, 1.807) is 0 Å². The maximum absolute atomic E-state index is 12.1. The highest BCUT2D eigenvalue weighted by Crippen LogP contribution is 2.18. The van der Waals surface area contributed by atoms with E-state index in [0.29, 0.717) is 38.3 Å². The molecule has 0 radical (unpaired) electrons. The molecule has 0 aromatic heterocycles. The van der Waals surface area contributed by atoms with E-state index in [4.69, 9.17) is 16.2 Å². The first-order chi connectivity index (χ1) is 13.5. The minimum absolute atomic E-state index is 0.0315. The van der Waals surface area contributed by atoms with Gasteiger partial charge in [-0.15, -0.1) is 0 Å². The number of unbranched alkanes of at least 4 members (excludes halogenated alkanes) is 5. The van der Waals surface area contributed by atoms with Crippen LogP contribution in [-0.4, -0.2) is 47.4 Å². The molecule has 0 aromatic rings. The average Bonchev–Trinajstić information content (AvgIpc) is 2.69. The Bertz CT molecular complexity index is 377. The maximum Gasteiger partial charge on any atom is 0.305 e. The number of ether oxygens (including phenoxy) is 1. The maximum atomic E-state index is 12.1. The number of hydrogen-bond acceptors (Lipinski definition) is 4. The zero-order valence-corrected chi connectivity index (χ0v) is 20.9. The second-order valence-corrected chi connectivity index (χ2v) is 9.52. The van der Waals surface area contributed by atoms with Crippen molar-refractivity contribution in [3.63, 3.8) is 0 Å². The topological polar surface area (TPSA) is 78.3 Å². The highest BCUT2D eigenvalue weighted by Gasteiger charge is 2.27. The van der Waals surface area contributed by atoms with Gasteiger partial charge in [0.2, 0.25) is 0 Å². The lowest BCUT2D eigenvalue weighted by molar-refractivity contribution is -0.947. The van der Waals surface area contributed by atoms with Crippen molar-refractivity contribution in [3.05, 3.63) is 0 Å². The second-order valence-electron chi connectivity index (χ2n) is 8.44. The number of alkyl halides is 1. The Kier molecular flexibility index (Phi) is 17.9. The summed E-state index contributed by atoms with van der Waals surface area (Å²) >= 11 is 2.44. The number of halogens is 1. The first kappa shape index (κ1) is 28.1. The molecule has 0 aliphatic rings. The van der Waals surface area contributed by atoms with Crippen LogP contribution in [0.15, 0.2) is 0 Å². The fraction of sp³-hybridized carbons (Fsp3) is 0.955. The van der Waals surface area contributed by atoms with E-state index in [9.17, 15) is 4.79 Å². The number of nitrogens with two attached hydrogens (primary N) is 2. The molecule has 6 heteroatoms. The molecule has 0 heterocycles. The van der Waals surface area contributed by atoms with Crippen molar-refractivity contribution in [1.82, 2.24) is 0 Å². The molecule has 0 bridgehead atoms. The van der Waals surface area contributed by atoms with Crippen LogP contribution in [0, 0.1) is 5.92 Å². The summed E-state index contributed by atoms with van der Waals surface area (Å²) in [5.41, 5.74) is 11.9. The molecule has 0 aliphatic heterocycles. The third kappa shape index (κ3) is 12.6. The van der Waals surface area contributed by atoms with E-state index in [1.165, 1.54) is 49.4 Å². The van der Waals surface area contributed by atoms with Gasteiger partial charge < -0.3 is 4.74 Å². The van der Waals surface area contributed by atoms with Crippen molar-refractivity contribution in [2.24, 2.45) is 17.4 Å². The van der Waals surface area contributed by atoms with E-state index in [-0.39, 0.29) is 5.97 Å². The zero-order chi connectivity index (χ0) is 21.3. The van der Waals surface area contributed by atoms with E-state index in [1.807, 2.05) is 0 Å². The van der Waals surface area contributed by atoms with Crippen LogP contribution in [0.5, 0.6) is 0 Å². The molecule has 0 spiro atoms. The standard InChI is InChI=1S/C22H47IN3O2/c1-4-5-12-21(13-8-6-10-15-23)17-28-22(27)14-9-7-11-16-26(18-24,19-25)20(2)3/h20-21H,4-19,24-25H2,1-3H3/q+1. The van der Waals surface area contributed by atoms with E-state index in [2.05, 4.69) is 43.4 Å². The second kappa shape index (κ2) is 17.9. The van der Waals surface area contributed by atoms with Crippen LogP contribution in [0.3, 0.4) is 0 Å². The molecule has 168 valence electrons. The first-order valence-corrected chi connectivity index (χ1v) is 13.0. The van der Waals surface area contributed by atoms with Gasteiger partial charge in [0.1, 0.15) is 13.3 Å². The molecule has 0 fully saturated rings. The van der Waals surface area contributed by atoms with Gasteiger partial charge in [-0.25, -0.2) is 0 Å².